The van der Waals surface area contributed by atoms with E-state index in [4.69, 9.17) is 0 Å². The van der Waals surface area contributed by atoms with Crippen molar-refractivity contribution in [2.24, 2.45) is 5.41 Å². The Hall–Kier alpha value is -1.84. The van der Waals surface area contributed by atoms with Crippen molar-refractivity contribution in [1.82, 2.24) is 4.90 Å². The summed E-state index contributed by atoms with van der Waals surface area (Å²) in [5.74, 6) is 0. The summed E-state index contributed by atoms with van der Waals surface area (Å²) in [5, 5.41) is 10.4. The molecule has 0 bridgehead atoms. The average Bonchev–Trinajstić information content (AvgIpc) is 2.36. The van der Waals surface area contributed by atoms with Gasteiger partial charge in [0.1, 0.15) is 0 Å². The quantitative estimate of drug-likeness (QED) is 0.542. The van der Waals surface area contributed by atoms with Crippen molar-refractivity contribution in [1.29, 1.82) is 0 Å². The number of likely N-dealkylation sites (N-methyl/N-ethyl adjacent to an activating group) is 1. The van der Waals surface area contributed by atoms with Gasteiger partial charge in [-0.25, -0.2) is 0 Å². The molecule has 4 nitrogen and oxygen atoms in total. The number of nitrogens with zero attached hydrogens (tertiary/aromatic N) is 2. The third-order valence-corrected chi connectivity index (χ3v) is 2.99. The van der Waals surface area contributed by atoms with E-state index < -0.39 is 4.92 Å². The maximum Gasteiger partial charge on any atom is 0.234 e. The predicted octanol–water partition coefficient (Wildman–Crippen LogP) is 2.70. The SMILES string of the molecule is C=CC1=C(/C=C/[N+](=O)[O-])C(C)(C)C(=C)N1C. The van der Waals surface area contributed by atoms with E-state index in [-0.39, 0.29) is 5.41 Å². The molecule has 0 unspecified atom stereocenters. The molecule has 0 aliphatic carbocycles. The first-order valence-corrected chi connectivity index (χ1v) is 4.94. The van der Waals surface area contributed by atoms with Crippen molar-refractivity contribution < 1.29 is 4.92 Å². The summed E-state index contributed by atoms with van der Waals surface area (Å²) in [7, 11) is 1.88. The zero-order chi connectivity index (χ0) is 12.5. The number of hydrogen-bond acceptors (Lipinski definition) is 3. The molecule has 0 aromatic rings. The second-order valence-electron chi connectivity index (χ2n) is 4.23. The highest BCUT2D eigenvalue weighted by Gasteiger charge is 2.37. The van der Waals surface area contributed by atoms with Crippen molar-refractivity contribution in [3.05, 3.63) is 58.6 Å². The fourth-order valence-electron chi connectivity index (χ4n) is 1.90. The Kier molecular flexibility index (Phi) is 3.03. The maximum atomic E-state index is 10.4. The molecule has 0 N–H and O–H groups in total. The molecule has 0 saturated carbocycles. The van der Waals surface area contributed by atoms with Crippen LogP contribution < -0.4 is 0 Å². The van der Waals surface area contributed by atoms with Crippen LogP contribution in [0.1, 0.15) is 13.8 Å². The molecule has 0 radical (unpaired) electrons. The number of nitro groups is 1. The summed E-state index contributed by atoms with van der Waals surface area (Å²) < 4.78 is 0. The zero-order valence-electron chi connectivity index (χ0n) is 9.86. The van der Waals surface area contributed by atoms with Gasteiger partial charge >= 0.3 is 0 Å². The molecule has 1 heterocycles. The molecular weight excluding hydrogens is 204 g/mol. The van der Waals surface area contributed by atoms with Gasteiger partial charge in [0.2, 0.25) is 6.20 Å². The maximum absolute atomic E-state index is 10.4. The Labute approximate surface area is 95.4 Å². The van der Waals surface area contributed by atoms with Crippen molar-refractivity contribution in [2.45, 2.75) is 13.8 Å². The average molecular weight is 220 g/mol. The number of rotatable bonds is 3. The summed E-state index contributed by atoms with van der Waals surface area (Å²) in [4.78, 5) is 11.8. The van der Waals surface area contributed by atoms with Gasteiger partial charge in [-0.3, -0.25) is 10.1 Å². The van der Waals surface area contributed by atoms with Crippen LogP contribution in [0.25, 0.3) is 0 Å². The number of hydrogen-bond donors (Lipinski definition) is 0. The molecule has 0 fully saturated rings. The van der Waals surface area contributed by atoms with Crippen LogP contribution in [0.15, 0.2) is 48.5 Å². The highest BCUT2D eigenvalue weighted by molar-refractivity contribution is 5.47. The van der Waals surface area contributed by atoms with Crippen molar-refractivity contribution in [3.8, 4) is 0 Å². The molecule has 16 heavy (non-hydrogen) atoms. The monoisotopic (exact) mass is 220 g/mol. The molecule has 1 rings (SSSR count). The minimum absolute atomic E-state index is 0.301. The van der Waals surface area contributed by atoms with Crippen molar-refractivity contribution in [3.63, 3.8) is 0 Å². The molecule has 0 amide bonds. The second kappa shape index (κ2) is 3.96. The first kappa shape index (κ1) is 12.2. The molecule has 0 aromatic heterocycles. The van der Waals surface area contributed by atoms with Crippen molar-refractivity contribution in [2.75, 3.05) is 7.05 Å². The highest BCUT2D eigenvalue weighted by Crippen LogP contribution is 2.45. The van der Waals surface area contributed by atoms with E-state index >= 15 is 0 Å². The van der Waals surface area contributed by atoms with Crippen LogP contribution in [0.3, 0.4) is 0 Å². The van der Waals surface area contributed by atoms with E-state index in [1.54, 1.807) is 6.08 Å². The number of allylic oxidation sites excluding steroid dienone is 3. The van der Waals surface area contributed by atoms with E-state index in [0.29, 0.717) is 0 Å². The molecule has 86 valence electrons. The Morgan fingerprint density at radius 1 is 1.50 bits per heavy atom. The summed E-state index contributed by atoms with van der Waals surface area (Å²) in [5.41, 5.74) is 2.34. The molecule has 0 spiro atoms. The van der Waals surface area contributed by atoms with Crippen LogP contribution in [0, 0.1) is 15.5 Å². The van der Waals surface area contributed by atoms with Gasteiger partial charge in [-0.2, -0.15) is 0 Å². The molecule has 1 aliphatic rings. The van der Waals surface area contributed by atoms with Crippen LogP contribution in [0.4, 0.5) is 0 Å². The van der Waals surface area contributed by atoms with Crippen LogP contribution in [-0.4, -0.2) is 16.9 Å². The summed E-state index contributed by atoms with van der Waals surface area (Å²) in [6.07, 6.45) is 4.16. The fraction of sp³-hybridized carbons (Fsp3) is 0.333. The first-order chi connectivity index (χ1) is 7.32. The normalized spacial score (nSPS) is 19.7. The molecule has 4 heteroatoms. The smallest absolute Gasteiger partial charge is 0.234 e. The minimum Gasteiger partial charge on any atom is -0.348 e. The topological polar surface area (TPSA) is 46.4 Å². The van der Waals surface area contributed by atoms with Crippen LogP contribution >= 0.6 is 0 Å². The molecule has 0 saturated heterocycles. The van der Waals surface area contributed by atoms with Gasteiger partial charge in [0, 0.05) is 29.9 Å². The van der Waals surface area contributed by atoms with Gasteiger partial charge < -0.3 is 4.90 Å². The first-order valence-electron chi connectivity index (χ1n) is 4.94. The standard InChI is InChI=1S/C12H16N2O2/c1-6-11-10(7-8-14(15)16)12(3,4)9(2)13(11)5/h6-8H,1-2H2,3-5H3/b8-7+. The van der Waals surface area contributed by atoms with Gasteiger partial charge in [0.25, 0.3) is 0 Å². The van der Waals surface area contributed by atoms with E-state index in [1.807, 2.05) is 25.8 Å². The Balaban J connectivity index is 3.28. The molecule has 0 atom stereocenters. The van der Waals surface area contributed by atoms with E-state index in [2.05, 4.69) is 13.2 Å². The third kappa shape index (κ3) is 1.78. The summed E-state index contributed by atoms with van der Waals surface area (Å²) in [6.45, 7) is 11.7. The lowest BCUT2D eigenvalue weighted by atomic mass is 9.83. The molecule has 0 aromatic carbocycles. The third-order valence-electron chi connectivity index (χ3n) is 2.99. The van der Waals surface area contributed by atoms with Crippen LogP contribution in [0.5, 0.6) is 0 Å². The second-order valence-corrected chi connectivity index (χ2v) is 4.23. The summed E-state index contributed by atoms with van der Waals surface area (Å²) >= 11 is 0. The summed E-state index contributed by atoms with van der Waals surface area (Å²) in [6, 6.07) is 0. The van der Waals surface area contributed by atoms with E-state index in [9.17, 15) is 10.1 Å². The Bertz CT molecular complexity index is 417. The lowest BCUT2D eigenvalue weighted by Crippen LogP contribution is -2.18. The minimum atomic E-state index is -0.467. The molecular formula is C12H16N2O2. The zero-order valence-corrected chi connectivity index (χ0v) is 9.86. The van der Waals surface area contributed by atoms with Crippen LogP contribution in [0.2, 0.25) is 0 Å². The van der Waals surface area contributed by atoms with Gasteiger partial charge in [0.15, 0.2) is 0 Å². The largest absolute Gasteiger partial charge is 0.348 e. The fourth-order valence-corrected chi connectivity index (χ4v) is 1.90. The Morgan fingerprint density at radius 3 is 2.50 bits per heavy atom. The van der Waals surface area contributed by atoms with Gasteiger partial charge in [0.05, 0.1) is 4.92 Å². The van der Waals surface area contributed by atoms with Crippen molar-refractivity contribution >= 4 is 0 Å². The van der Waals surface area contributed by atoms with E-state index in [1.165, 1.54) is 6.08 Å². The predicted molar refractivity (Wildman–Crippen MR) is 64.0 cm³/mol. The van der Waals surface area contributed by atoms with Gasteiger partial charge in [-0.05, 0) is 11.6 Å². The molecule has 1 aliphatic heterocycles. The van der Waals surface area contributed by atoms with E-state index in [0.717, 1.165) is 23.2 Å². The lowest BCUT2D eigenvalue weighted by molar-refractivity contribution is -0.402. The highest BCUT2D eigenvalue weighted by atomic mass is 16.6. The Morgan fingerprint density at radius 2 is 2.06 bits per heavy atom. The van der Waals surface area contributed by atoms with Crippen LogP contribution in [-0.2, 0) is 0 Å². The lowest BCUT2D eigenvalue weighted by Gasteiger charge is -2.24. The van der Waals surface area contributed by atoms with Gasteiger partial charge in [-0.15, -0.1) is 0 Å². The van der Waals surface area contributed by atoms with Gasteiger partial charge in [-0.1, -0.05) is 27.0 Å².